The van der Waals surface area contributed by atoms with E-state index in [1.807, 2.05) is 23.7 Å². The molecule has 0 saturated heterocycles. The third-order valence-corrected chi connectivity index (χ3v) is 3.84. The summed E-state index contributed by atoms with van der Waals surface area (Å²) in [5.41, 5.74) is 5.01. The van der Waals surface area contributed by atoms with Gasteiger partial charge in [-0.15, -0.1) is 0 Å². The zero-order valence-corrected chi connectivity index (χ0v) is 13.1. The molecule has 21 heavy (non-hydrogen) atoms. The van der Waals surface area contributed by atoms with Crippen molar-refractivity contribution < 1.29 is 4.74 Å². The molecule has 1 heterocycles. The molecule has 1 aromatic heterocycles. The fourth-order valence-electron chi connectivity index (χ4n) is 2.37. The van der Waals surface area contributed by atoms with Gasteiger partial charge in [-0.2, -0.15) is 5.10 Å². The van der Waals surface area contributed by atoms with Crippen LogP contribution in [-0.4, -0.2) is 16.9 Å². The van der Waals surface area contributed by atoms with Gasteiger partial charge in [0.25, 0.3) is 0 Å². The van der Waals surface area contributed by atoms with Gasteiger partial charge in [-0.05, 0) is 37.5 Å². The molecule has 5 nitrogen and oxygen atoms in total. The van der Waals surface area contributed by atoms with Crippen LogP contribution in [0.1, 0.15) is 30.6 Å². The Morgan fingerprint density at radius 1 is 1.38 bits per heavy atom. The van der Waals surface area contributed by atoms with E-state index in [4.69, 9.17) is 22.2 Å². The standard InChI is InChI=1S/C15H21ClN4O/c1-3-20-15(13(16)10-18-20)14(19-17)9-6-11-4-7-12(21-2)8-5-11/h4-5,7-8,10,14,19H,3,6,9,17H2,1-2H3. The lowest BCUT2D eigenvalue weighted by atomic mass is 10.0. The average molecular weight is 309 g/mol. The molecule has 0 amide bonds. The molecule has 0 bridgehead atoms. The number of rotatable bonds is 7. The quantitative estimate of drug-likeness (QED) is 0.610. The molecular formula is C15H21ClN4O. The molecule has 0 aliphatic carbocycles. The Hall–Kier alpha value is -1.56. The van der Waals surface area contributed by atoms with Gasteiger partial charge in [0, 0.05) is 6.54 Å². The number of nitrogens with two attached hydrogens (primary N) is 1. The average Bonchev–Trinajstić information content (AvgIpc) is 2.90. The number of aryl methyl sites for hydroxylation is 2. The predicted octanol–water partition coefficient (Wildman–Crippen LogP) is 2.70. The number of methoxy groups -OCH3 is 1. The van der Waals surface area contributed by atoms with E-state index in [2.05, 4.69) is 22.7 Å². The van der Waals surface area contributed by atoms with E-state index in [1.165, 1.54) is 5.56 Å². The highest BCUT2D eigenvalue weighted by Gasteiger charge is 2.18. The van der Waals surface area contributed by atoms with Crippen molar-refractivity contribution in [2.75, 3.05) is 7.11 Å². The lowest BCUT2D eigenvalue weighted by Gasteiger charge is -2.18. The summed E-state index contributed by atoms with van der Waals surface area (Å²) in [5, 5.41) is 4.90. The molecule has 3 N–H and O–H groups in total. The molecule has 0 fully saturated rings. The minimum Gasteiger partial charge on any atom is -0.497 e. The summed E-state index contributed by atoms with van der Waals surface area (Å²) in [6.45, 7) is 2.80. The van der Waals surface area contributed by atoms with Crippen LogP contribution < -0.4 is 16.0 Å². The summed E-state index contributed by atoms with van der Waals surface area (Å²) >= 11 is 6.22. The summed E-state index contributed by atoms with van der Waals surface area (Å²) in [6.07, 6.45) is 3.40. The van der Waals surface area contributed by atoms with Gasteiger partial charge in [-0.1, -0.05) is 23.7 Å². The van der Waals surface area contributed by atoms with E-state index >= 15 is 0 Å². The Morgan fingerprint density at radius 3 is 2.67 bits per heavy atom. The number of nitrogens with one attached hydrogen (secondary N) is 1. The van der Waals surface area contributed by atoms with Crippen LogP contribution in [0.4, 0.5) is 0 Å². The van der Waals surface area contributed by atoms with E-state index in [9.17, 15) is 0 Å². The number of nitrogens with zero attached hydrogens (tertiary/aromatic N) is 2. The molecule has 2 rings (SSSR count). The van der Waals surface area contributed by atoms with Crippen LogP contribution >= 0.6 is 11.6 Å². The monoisotopic (exact) mass is 308 g/mol. The number of hydrogen-bond acceptors (Lipinski definition) is 4. The van der Waals surface area contributed by atoms with Crippen LogP contribution in [0.25, 0.3) is 0 Å². The Labute approximate surface area is 130 Å². The van der Waals surface area contributed by atoms with E-state index in [0.717, 1.165) is 30.8 Å². The van der Waals surface area contributed by atoms with Crippen molar-refractivity contribution in [1.29, 1.82) is 0 Å². The van der Waals surface area contributed by atoms with Crippen molar-refractivity contribution in [3.63, 3.8) is 0 Å². The second kappa shape index (κ2) is 7.45. The van der Waals surface area contributed by atoms with Gasteiger partial charge in [0.05, 0.1) is 30.1 Å². The third kappa shape index (κ3) is 3.75. The molecule has 2 aromatic rings. The number of ether oxygens (including phenoxy) is 1. The van der Waals surface area contributed by atoms with Gasteiger partial charge < -0.3 is 4.74 Å². The van der Waals surface area contributed by atoms with Crippen molar-refractivity contribution in [2.45, 2.75) is 32.4 Å². The van der Waals surface area contributed by atoms with Crippen LogP contribution in [0.5, 0.6) is 5.75 Å². The van der Waals surface area contributed by atoms with Crippen LogP contribution in [-0.2, 0) is 13.0 Å². The third-order valence-electron chi connectivity index (χ3n) is 3.54. The molecule has 114 valence electrons. The van der Waals surface area contributed by atoms with Crippen molar-refractivity contribution >= 4 is 11.6 Å². The van der Waals surface area contributed by atoms with Gasteiger partial charge in [0.1, 0.15) is 5.75 Å². The SMILES string of the molecule is CCn1ncc(Cl)c1C(CCc1ccc(OC)cc1)NN. The second-order valence-electron chi connectivity index (χ2n) is 4.80. The van der Waals surface area contributed by atoms with E-state index in [0.29, 0.717) is 5.02 Å². The molecule has 0 radical (unpaired) electrons. The smallest absolute Gasteiger partial charge is 0.118 e. The minimum atomic E-state index is -0.0259. The topological polar surface area (TPSA) is 65.1 Å². The highest BCUT2D eigenvalue weighted by atomic mass is 35.5. The lowest BCUT2D eigenvalue weighted by Crippen LogP contribution is -2.30. The van der Waals surface area contributed by atoms with Crippen molar-refractivity contribution in [2.24, 2.45) is 5.84 Å². The van der Waals surface area contributed by atoms with Gasteiger partial charge in [0.15, 0.2) is 0 Å². The lowest BCUT2D eigenvalue weighted by molar-refractivity contribution is 0.414. The first-order valence-corrected chi connectivity index (χ1v) is 7.37. The highest BCUT2D eigenvalue weighted by Crippen LogP contribution is 2.26. The summed E-state index contributed by atoms with van der Waals surface area (Å²) in [5.74, 6) is 6.56. The van der Waals surface area contributed by atoms with Gasteiger partial charge in [-0.3, -0.25) is 16.0 Å². The van der Waals surface area contributed by atoms with Crippen LogP contribution in [0.3, 0.4) is 0 Å². The van der Waals surface area contributed by atoms with Crippen LogP contribution in [0.15, 0.2) is 30.5 Å². The predicted molar refractivity (Wildman–Crippen MR) is 84.3 cm³/mol. The zero-order valence-electron chi connectivity index (χ0n) is 12.3. The molecule has 0 spiro atoms. The number of halogens is 1. The minimum absolute atomic E-state index is 0.0259. The fourth-order valence-corrected chi connectivity index (χ4v) is 2.65. The maximum Gasteiger partial charge on any atom is 0.118 e. The maximum atomic E-state index is 6.22. The summed E-state index contributed by atoms with van der Waals surface area (Å²) in [4.78, 5) is 0. The normalized spacial score (nSPS) is 12.4. The molecular weight excluding hydrogens is 288 g/mol. The molecule has 0 aliphatic heterocycles. The van der Waals surface area contributed by atoms with Crippen LogP contribution in [0, 0.1) is 0 Å². The Kier molecular flexibility index (Phi) is 5.61. The van der Waals surface area contributed by atoms with Gasteiger partial charge >= 0.3 is 0 Å². The van der Waals surface area contributed by atoms with E-state index in [-0.39, 0.29) is 6.04 Å². The highest BCUT2D eigenvalue weighted by molar-refractivity contribution is 6.31. The Morgan fingerprint density at radius 2 is 2.10 bits per heavy atom. The first kappa shape index (κ1) is 15.8. The van der Waals surface area contributed by atoms with E-state index < -0.39 is 0 Å². The number of benzene rings is 1. The number of hydrazine groups is 1. The Balaban J connectivity index is 2.06. The van der Waals surface area contributed by atoms with Crippen molar-refractivity contribution in [3.8, 4) is 5.75 Å². The molecule has 1 atom stereocenters. The molecule has 6 heteroatoms. The summed E-state index contributed by atoms with van der Waals surface area (Å²) < 4.78 is 7.04. The van der Waals surface area contributed by atoms with Gasteiger partial charge in [0.2, 0.25) is 0 Å². The van der Waals surface area contributed by atoms with Crippen molar-refractivity contribution in [1.82, 2.24) is 15.2 Å². The first-order valence-electron chi connectivity index (χ1n) is 6.99. The summed E-state index contributed by atoms with van der Waals surface area (Å²) in [6, 6.07) is 8.02. The second-order valence-corrected chi connectivity index (χ2v) is 5.21. The molecule has 0 saturated carbocycles. The molecule has 0 aliphatic rings. The van der Waals surface area contributed by atoms with E-state index in [1.54, 1.807) is 13.3 Å². The van der Waals surface area contributed by atoms with Gasteiger partial charge in [-0.25, -0.2) is 0 Å². The molecule has 1 aromatic carbocycles. The van der Waals surface area contributed by atoms with Crippen molar-refractivity contribution in [3.05, 3.63) is 46.7 Å². The van der Waals surface area contributed by atoms with Crippen LogP contribution in [0.2, 0.25) is 5.02 Å². The fraction of sp³-hybridized carbons (Fsp3) is 0.400. The molecule has 1 unspecified atom stereocenters. The largest absolute Gasteiger partial charge is 0.497 e. The summed E-state index contributed by atoms with van der Waals surface area (Å²) in [7, 11) is 1.66. The number of aromatic nitrogens is 2. The first-order chi connectivity index (χ1) is 10.2. The maximum absolute atomic E-state index is 6.22. The Bertz CT molecular complexity index is 568. The zero-order chi connectivity index (χ0) is 15.2. The number of hydrogen-bond donors (Lipinski definition) is 2.